The molecule has 5 atom stereocenters. The lowest BCUT2D eigenvalue weighted by molar-refractivity contribution is -0.200. The summed E-state index contributed by atoms with van der Waals surface area (Å²) in [6, 6.07) is 18.4. The van der Waals surface area contributed by atoms with Crippen LogP contribution in [0.1, 0.15) is 11.1 Å². The van der Waals surface area contributed by atoms with Crippen molar-refractivity contribution in [3.63, 3.8) is 0 Å². The van der Waals surface area contributed by atoms with Crippen molar-refractivity contribution >= 4 is 6.09 Å². The summed E-state index contributed by atoms with van der Waals surface area (Å²) in [5.41, 5.74) is 1.85. The molecule has 2 fully saturated rings. The van der Waals surface area contributed by atoms with Crippen molar-refractivity contribution in [2.75, 3.05) is 6.61 Å². The zero-order chi connectivity index (χ0) is 19.3. The predicted octanol–water partition coefficient (Wildman–Crippen LogP) is 1.98. The fourth-order valence-electron chi connectivity index (χ4n) is 3.41. The summed E-state index contributed by atoms with van der Waals surface area (Å²) in [5.74, 6) is 0. The number of amides is 1. The number of rotatable bonds is 6. The predicted molar refractivity (Wildman–Crippen MR) is 99.2 cm³/mol. The third-order valence-corrected chi connectivity index (χ3v) is 4.88. The molecular formula is C21H23NO6. The fraction of sp³-hybridized carbons (Fsp3) is 0.381. The van der Waals surface area contributed by atoms with Crippen LogP contribution in [0.25, 0.3) is 0 Å². The van der Waals surface area contributed by atoms with Gasteiger partial charge in [0.1, 0.15) is 31.0 Å². The van der Waals surface area contributed by atoms with Crippen LogP contribution in [0, 0.1) is 0 Å². The van der Waals surface area contributed by atoms with Crippen LogP contribution < -0.4 is 5.32 Å². The van der Waals surface area contributed by atoms with E-state index in [-0.39, 0.29) is 13.2 Å². The van der Waals surface area contributed by atoms with E-state index >= 15 is 0 Å². The molecule has 0 saturated carbocycles. The topological polar surface area (TPSA) is 86.3 Å². The molecule has 28 heavy (non-hydrogen) atoms. The van der Waals surface area contributed by atoms with Crippen LogP contribution in [0.3, 0.4) is 0 Å². The molecule has 7 nitrogen and oxygen atoms in total. The molecule has 1 amide bonds. The third kappa shape index (κ3) is 4.34. The summed E-state index contributed by atoms with van der Waals surface area (Å²) in [6.45, 7) is 0.708. The van der Waals surface area contributed by atoms with Crippen molar-refractivity contribution in [1.29, 1.82) is 0 Å². The van der Waals surface area contributed by atoms with E-state index in [0.717, 1.165) is 11.1 Å². The van der Waals surface area contributed by atoms with E-state index in [1.54, 1.807) is 0 Å². The minimum atomic E-state index is -0.915. The number of ether oxygens (including phenoxy) is 4. The number of benzene rings is 2. The Balaban J connectivity index is 1.39. The largest absolute Gasteiger partial charge is 0.445 e. The lowest BCUT2D eigenvalue weighted by Crippen LogP contribution is -2.61. The van der Waals surface area contributed by atoms with Gasteiger partial charge in [0.25, 0.3) is 0 Å². The Morgan fingerprint density at radius 3 is 2.36 bits per heavy atom. The van der Waals surface area contributed by atoms with Gasteiger partial charge in [-0.05, 0) is 11.1 Å². The summed E-state index contributed by atoms with van der Waals surface area (Å²) in [7, 11) is 0. The Bertz CT molecular complexity index is 771. The summed E-state index contributed by atoms with van der Waals surface area (Å²) in [6.07, 6.45) is -3.35. The third-order valence-electron chi connectivity index (χ3n) is 4.88. The SMILES string of the molecule is O=C(N[C@H]1[C@@H]2OC[C@@H](O2)[C@@H](O)[C@@H]1OCc1ccccc1)OCc1ccccc1. The minimum Gasteiger partial charge on any atom is -0.445 e. The molecule has 2 aromatic carbocycles. The summed E-state index contributed by atoms with van der Waals surface area (Å²) < 4.78 is 22.5. The first kappa shape index (κ1) is 18.9. The first-order valence-corrected chi connectivity index (χ1v) is 9.28. The van der Waals surface area contributed by atoms with Crippen LogP contribution in [-0.4, -0.2) is 48.5 Å². The molecule has 0 unspecified atom stereocenters. The van der Waals surface area contributed by atoms with Crippen molar-refractivity contribution in [3.8, 4) is 0 Å². The number of carbonyl (C=O) groups is 1. The average Bonchev–Trinajstić information content (AvgIpc) is 3.18. The molecule has 148 valence electrons. The maximum absolute atomic E-state index is 12.3. The van der Waals surface area contributed by atoms with E-state index in [1.807, 2.05) is 60.7 Å². The number of alkyl carbamates (subject to hydrolysis) is 1. The zero-order valence-corrected chi connectivity index (χ0v) is 15.3. The van der Waals surface area contributed by atoms with E-state index in [4.69, 9.17) is 18.9 Å². The van der Waals surface area contributed by atoms with Crippen LogP contribution in [0.4, 0.5) is 4.79 Å². The average molecular weight is 385 g/mol. The van der Waals surface area contributed by atoms with E-state index < -0.39 is 36.7 Å². The molecule has 0 spiro atoms. The number of aliphatic hydroxyl groups is 1. The van der Waals surface area contributed by atoms with Crippen molar-refractivity contribution in [1.82, 2.24) is 5.32 Å². The highest BCUT2D eigenvalue weighted by molar-refractivity contribution is 5.67. The van der Waals surface area contributed by atoms with Crippen LogP contribution in [0.5, 0.6) is 0 Å². The van der Waals surface area contributed by atoms with Gasteiger partial charge in [-0.1, -0.05) is 60.7 Å². The number of hydrogen-bond donors (Lipinski definition) is 2. The molecular weight excluding hydrogens is 362 g/mol. The number of aliphatic hydroxyl groups excluding tert-OH is 1. The monoisotopic (exact) mass is 385 g/mol. The first-order valence-electron chi connectivity index (χ1n) is 9.28. The Labute approximate surface area is 163 Å². The number of nitrogens with one attached hydrogen (secondary N) is 1. The summed E-state index contributed by atoms with van der Waals surface area (Å²) in [4.78, 5) is 12.3. The second kappa shape index (κ2) is 8.70. The number of carbonyl (C=O) groups excluding carboxylic acids is 1. The van der Waals surface area contributed by atoms with Crippen molar-refractivity contribution < 1.29 is 28.8 Å². The van der Waals surface area contributed by atoms with Crippen LogP contribution in [0.15, 0.2) is 60.7 Å². The summed E-state index contributed by atoms with van der Waals surface area (Å²) in [5, 5.41) is 13.3. The Morgan fingerprint density at radius 1 is 1.04 bits per heavy atom. The second-order valence-corrected chi connectivity index (χ2v) is 6.86. The Morgan fingerprint density at radius 2 is 1.68 bits per heavy atom. The fourth-order valence-corrected chi connectivity index (χ4v) is 3.41. The van der Waals surface area contributed by atoms with E-state index in [2.05, 4.69) is 5.32 Å². The summed E-state index contributed by atoms with van der Waals surface area (Å²) >= 11 is 0. The van der Waals surface area contributed by atoms with Gasteiger partial charge in [0, 0.05) is 0 Å². The normalized spacial score (nSPS) is 28.7. The second-order valence-electron chi connectivity index (χ2n) is 6.86. The molecule has 2 aliphatic heterocycles. The van der Waals surface area contributed by atoms with E-state index in [9.17, 15) is 9.90 Å². The highest BCUT2D eigenvalue weighted by Gasteiger charge is 2.51. The minimum absolute atomic E-state index is 0.145. The molecule has 2 aromatic rings. The van der Waals surface area contributed by atoms with Crippen LogP contribution in [-0.2, 0) is 32.2 Å². The number of fused-ring (bicyclic) bond motifs is 2. The standard InChI is InChI=1S/C21H23NO6/c23-18-16-13-26-20(28-16)17(19(18)25-11-14-7-3-1-4-8-14)22-21(24)27-12-15-9-5-2-6-10-15/h1-10,16-20,23H,11-13H2,(H,22,24)/t16-,17-,18-,19-,20-/m1/s1. The molecule has 2 aliphatic rings. The molecule has 2 N–H and O–H groups in total. The Hall–Kier alpha value is -2.45. The molecule has 0 radical (unpaired) electrons. The highest BCUT2D eigenvalue weighted by atomic mass is 16.7. The lowest BCUT2D eigenvalue weighted by atomic mass is 9.98. The highest BCUT2D eigenvalue weighted by Crippen LogP contribution is 2.30. The molecule has 4 rings (SSSR count). The molecule has 2 heterocycles. The van der Waals surface area contributed by atoms with Gasteiger partial charge in [0.2, 0.25) is 0 Å². The molecule has 0 aliphatic carbocycles. The quantitative estimate of drug-likeness (QED) is 0.791. The molecule has 0 aromatic heterocycles. The van der Waals surface area contributed by atoms with Crippen LogP contribution in [0.2, 0.25) is 0 Å². The number of hydrogen-bond acceptors (Lipinski definition) is 6. The zero-order valence-electron chi connectivity index (χ0n) is 15.3. The van der Waals surface area contributed by atoms with Gasteiger partial charge >= 0.3 is 6.09 Å². The molecule has 2 saturated heterocycles. The van der Waals surface area contributed by atoms with Gasteiger partial charge in [0.15, 0.2) is 6.29 Å². The van der Waals surface area contributed by atoms with Crippen molar-refractivity contribution in [2.24, 2.45) is 0 Å². The van der Waals surface area contributed by atoms with Crippen LogP contribution >= 0.6 is 0 Å². The van der Waals surface area contributed by atoms with Crippen molar-refractivity contribution in [2.45, 2.75) is 43.9 Å². The van der Waals surface area contributed by atoms with Crippen molar-refractivity contribution in [3.05, 3.63) is 71.8 Å². The van der Waals surface area contributed by atoms with E-state index in [0.29, 0.717) is 6.61 Å². The van der Waals surface area contributed by atoms with E-state index in [1.165, 1.54) is 0 Å². The Kier molecular flexibility index (Phi) is 5.87. The van der Waals surface area contributed by atoms with Gasteiger partial charge in [-0.25, -0.2) is 4.79 Å². The smallest absolute Gasteiger partial charge is 0.407 e. The van der Waals surface area contributed by atoms with Gasteiger partial charge in [-0.15, -0.1) is 0 Å². The van der Waals surface area contributed by atoms with Gasteiger partial charge in [-0.3, -0.25) is 0 Å². The van der Waals surface area contributed by atoms with Gasteiger partial charge in [-0.2, -0.15) is 0 Å². The maximum Gasteiger partial charge on any atom is 0.407 e. The molecule has 7 heteroatoms. The first-order chi connectivity index (χ1) is 13.7. The van der Waals surface area contributed by atoms with Gasteiger partial charge < -0.3 is 29.4 Å². The molecule has 2 bridgehead atoms. The maximum atomic E-state index is 12.3. The van der Waals surface area contributed by atoms with Gasteiger partial charge in [0.05, 0.1) is 13.2 Å². The lowest BCUT2D eigenvalue weighted by Gasteiger charge is -2.38.